The first kappa shape index (κ1) is 14.7. The van der Waals surface area contributed by atoms with Gasteiger partial charge in [-0.3, -0.25) is 4.90 Å². The van der Waals surface area contributed by atoms with Crippen molar-refractivity contribution in [2.45, 2.75) is 25.9 Å². The lowest BCUT2D eigenvalue weighted by atomic mass is 10.0. The summed E-state index contributed by atoms with van der Waals surface area (Å²) in [5, 5.41) is 8.30. The number of nitrogens with zero attached hydrogens (tertiary/aromatic N) is 3. The molecule has 2 N–H and O–H groups in total. The standard InChI is InChI=1S/C15H19BrN4O/c1-10(17)11-6-7-20(8-11)9-14-18-19-15(21-14)12-4-2-3-5-13(12)16/h2-5,10-11H,6-9,17H2,1H3. The van der Waals surface area contributed by atoms with Crippen LogP contribution in [0.4, 0.5) is 0 Å². The van der Waals surface area contributed by atoms with E-state index < -0.39 is 0 Å². The van der Waals surface area contributed by atoms with E-state index in [1.165, 1.54) is 0 Å². The van der Waals surface area contributed by atoms with E-state index in [0.29, 0.717) is 24.2 Å². The number of rotatable bonds is 4. The molecule has 6 heteroatoms. The summed E-state index contributed by atoms with van der Waals surface area (Å²) in [5.41, 5.74) is 6.89. The van der Waals surface area contributed by atoms with Gasteiger partial charge >= 0.3 is 0 Å². The van der Waals surface area contributed by atoms with Crippen molar-refractivity contribution in [3.63, 3.8) is 0 Å². The summed E-state index contributed by atoms with van der Waals surface area (Å²) in [6, 6.07) is 8.09. The van der Waals surface area contributed by atoms with Crippen molar-refractivity contribution in [2.24, 2.45) is 11.7 Å². The Morgan fingerprint density at radius 2 is 2.24 bits per heavy atom. The van der Waals surface area contributed by atoms with Crippen LogP contribution in [0.5, 0.6) is 0 Å². The minimum absolute atomic E-state index is 0.244. The zero-order chi connectivity index (χ0) is 14.8. The largest absolute Gasteiger partial charge is 0.419 e. The number of aromatic nitrogens is 2. The summed E-state index contributed by atoms with van der Waals surface area (Å²) in [4.78, 5) is 2.32. The first-order chi connectivity index (χ1) is 10.1. The van der Waals surface area contributed by atoms with E-state index in [4.69, 9.17) is 10.2 Å². The summed E-state index contributed by atoms with van der Waals surface area (Å²) >= 11 is 3.50. The molecule has 2 atom stereocenters. The van der Waals surface area contributed by atoms with Gasteiger partial charge in [0, 0.05) is 17.1 Å². The predicted octanol–water partition coefficient (Wildman–Crippen LogP) is 2.67. The zero-order valence-corrected chi connectivity index (χ0v) is 13.6. The average Bonchev–Trinajstić information content (AvgIpc) is 3.09. The molecular formula is C15H19BrN4O. The number of nitrogens with two attached hydrogens (primary N) is 1. The normalized spacial score (nSPS) is 20.8. The fourth-order valence-corrected chi connectivity index (χ4v) is 3.14. The van der Waals surface area contributed by atoms with E-state index >= 15 is 0 Å². The van der Waals surface area contributed by atoms with Crippen molar-refractivity contribution >= 4 is 15.9 Å². The Hall–Kier alpha value is -1.24. The molecule has 1 aliphatic rings. The van der Waals surface area contributed by atoms with E-state index in [-0.39, 0.29) is 6.04 Å². The van der Waals surface area contributed by atoms with Crippen LogP contribution in [0.15, 0.2) is 33.2 Å². The second-order valence-electron chi connectivity index (χ2n) is 5.62. The molecule has 2 unspecified atom stereocenters. The van der Waals surface area contributed by atoms with Gasteiger partial charge in [-0.05, 0) is 53.9 Å². The Bertz CT molecular complexity index is 613. The van der Waals surface area contributed by atoms with E-state index in [0.717, 1.165) is 29.5 Å². The second-order valence-corrected chi connectivity index (χ2v) is 6.48. The predicted molar refractivity (Wildman–Crippen MR) is 84.5 cm³/mol. The Morgan fingerprint density at radius 3 is 2.95 bits per heavy atom. The van der Waals surface area contributed by atoms with Crippen LogP contribution in [0.2, 0.25) is 0 Å². The van der Waals surface area contributed by atoms with E-state index in [9.17, 15) is 0 Å². The smallest absolute Gasteiger partial charge is 0.248 e. The van der Waals surface area contributed by atoms with Gasteiger partial charge in [-0.25, -0.2) is 0 Å². The van der Waals surface area contributed by atoms with Crippen molar-refractivity contribution in [2.75, 3.05) is 13.1 Å². The van der Waals surface area contributed by atoms with Crippen LogP contribution in [0.1, 0.15) is 19.2 Å². The Balaban J connectivity index is 1.68. The second kappa shape index (κ2) is 6.25. The van der Waals surface area contributed by atoms with E-state index in [2.05, 4.69) is 38.0 Å². The fraction of sp³-hybridized carbons (Fsp3) is 0.467. The van der Waals surface area contributed by atoms with Gasteiger partial charge in [-0.15, -0.1) is 10.2 Å². The number of hydrogen-bond donors (Lipinski definition) is 1. The van der Waals surface area contributed by atoms with Crippen LogP contribution in [0, 0.1) is 5.92 Å². The van der Waals surface area contributed by atoms with Crippen molar-refractivity contribution in [1.82, 2.24) is 15.1 Å². The molecule has 21 heavy (non-hydrogen) atoms. The molecule has 2 aromatic rings. The summed E-state index contributed by atoms with van der Waals surface area (Å²) in [5.74, 6) is 1.78. The third kappa shape index (κ3) is 3.33. The van der Waals surface area contributed by atoms with Crippen LogP contribution >= 0.6 is 15.9 Å². The molecule has 0 bridgehead atoms. The lowest BCUT2D eigenvalue weighted by Gasteiger charge is -2.15. The number of hydrogen-bond acceptors (Lipinski definition) is 5. The number of benzene rings is 1. The van der Waals surface area contributed by atoms with Crippen LogP contribution in [0.25, 0.3) is 11.5 Å². The number of halogens is 1. The molecule has 0 saturated carbocycles. The molecule has 1 aliphatic heterocycles. The SMILES string of the molecule is CC(N)C1CCN(Cc2nnc(-c3ccccc3Br)o2)C1. The maximum atomic E-state index is 5.97. The lowest BCUT2D eigenvalue weighted by molar-refractivity contribution is 0.276. The third-order valence-electron chi connectivity index (χ3n) is 3.98. The van der Waals surface area contributed by atoms with Crippen molar-refractivity contribution in [3.05, 3.63) is 34.6 Å². The van der Waals surface area contributed by atoms with Crippen molar-refractivity contribution < 1.29 is 4.42 Å². The monoisotopic (exact) mass is 350 g/mol. The summed E-state index contributed by atoms with van der Waals surface area (Å²) in [6.07, 6.45) is 1.14. The first-order valence-electron chi connectivity index (χ1n) is 7.18. The molecule has 0 spiro atoms. The Morgan fingerprint density at radius 1 is 1.43 bits per heavy atom. The molecular weight excluding hydrogens is 332 g/mol. The Labute approximate surface area is 132 Å². The molecule has 112 valence electrons. The molecule has 0 aliphatic carbocycles. The Kier molecular flexibility index (Phi) is 4.37. The maximum Gasteiger partial charge on any atom is 0.248 e. The van der Waals surface area contributed by atoms with E-state index in [1.54, 1.807) is 0 Å². The molecule has 1 saturated heterocycles. The average molecular weight is 351 g/mol. The third-order valence-corrected chi connectivity index (χ3v) is 4.67. The highest BCUT2D eigenvalue weighted by Gasteiger charge is 2.26. The zero-order valence-electron chi connectivity index (χ0n) is 12.0. The van der Waals surface area contributed by atoms with Gasteiger partial charge < -0.3 is 10.2 Å². The summed E-state index contributed by atoms with van der Waals surface area (Å²) < 4.78 is 6.74. The lowest BCUT2D eigenvalue weighted by Crippen LogP contribution is -2.29. The van der Waals surface area contributed by atoms with Crippen LogP contribution in [-0.4, -0.2) is 34.2 Å². The van der Waals surface area contributed by atoms with E-state index in [1.807, 2.05) is 24.3 Å². The topological polar surface area (TPSA) is 68.2 Å². The molecule has 5 nitrogen and oxygen atoms in total. The molecule has 2 heterocycles. The molecule has 1 aromatic carbocycles. The van der Waals surface area contributed by atoms with Crippen LogP contribution in [-0.2, 0) is 6.54 Å². The first-order valence-corrected chi connectivity index (χ1v) is 7.98. The molecule has 1 aromatic heterocycles. The van der Waals surface area contributed by atoms with Crippen LogP contribution in [0.3, 0.4) is 0 Å². The summed E-state index contributed by atoms with van der Waals surface area (Å²) in [6.45, 7) is 4.82. The van der Waals surface area contributed by atoms with Crippen molar-refractivity contribution in [1.29, 1.82) is 0 Å². The van der Waals surface area contributed by atoms with Gasteiger partial charge in [-0.2, -0.15) is 0 Å². The van der Waals surface area contributed by atoms with Gasteiger partial charge in [0.1, 0.15) is 0 Å². The number of likely N-dealkylation sites (tertiary alicyclic amines) is 1. The molecule has 0 amide bonds. The highest BCUT2D eigenvalue weighted by atomic mass is 79.9. The minimum Gasteiger partial charge on any atom is -0.419 e. The van der Waals surface area contributed by atoms with Gasteiger partial charge in [0.2, 0.25) is 11.8 Å². The molecule has 1 fully saturated rings. The minimum atomic E-state index is 0.244. The van der Waals surface area contributed by atoms with Crippen molar-refractivity contribution in [3.8, 4) is 11.5 Å². The maximum absolute atomic E-state index is 5.97. The van der Waals surface area contributed by atoms with Gasteiger partial charge in [0.15, 0.2) is 0 Å². The summed E-state index contributed by atoms with van der Waals surface area (Å²) in [7, 11) is 0. The molecule has 3 rings (SSSR count). The highest BCUT2D eigenvalue weighted by Crippen LogP contribution is 2.27. The van der Waals surface area contributed by atoms with Gasteiger partial charge in [-0.1, -0.05) is 12.1 Å². The van der Waals surface area contributed by atoms with Crippen LogP contribution < -0.4 is 5.73 Å². The fourth-order valence-electron chi connectivity index (χ4n) is 2.69. The van der Waals surface area contributed by atoms with Gasteiger partial charge in [0.25, 0.3) is 0 Å². The van der Waals surface area contributed by atoms with Gasteiger partial charge in [0.05, 0.1) is 12.1 Å². The highest BCUT2D eigenvalue weighted by molar-refractivity contribution is 9.10. The molecule has 0 radical (unpaired) electrons. The quantitative estimate of drug-likeness (QED) is 0.917.